The molecule has 0 bridgehead atoms. The molecule has 1 aromatic rings. The van der Waals surface area contributed by atoms with Crippen molar-refractivity contribution in [2.75, 3.05) is 33.9 Å². The van der Waals surface area contributed by atoms with Crippen molar-refractivity contribution in [2.45, 2.75) is 11.3 Å². The first-order valence-corrected chi connectivity index (χ1v) is 6.66. The van der Waals surface area contributed by atoms with Gasteiger partial charge in [0.15, 0.2) is 0 Å². The van der Waals surface area contributed by atoms with Crippen LogP contribution in [-0.2, 0) is 9.53 Å². The molecule has 1 amide bonds. The highest BCUT2D eigenvalue weighted by Gasteiger charge is 2.32. The van der Waals surface area contributed by atoms with Crippen LogP contribution in [0.15, 0.2) is 24.3 Å². The van der Waals surface area contributed by atoms with Gasteiger partial charge in [0.1, 0.15) is 18.3 Å². The van der Waals surface area contributed by atoms with Crippen LogP contribution in [0.25, 0.3) is 0 Å². The lowest BCUT2D eigenvalue weighted by atomic mass is 10.00. The second-order valence-corrected chi connectivity index (χ2v) is 5.29. The van der Waals surface area contributed by atoms with E-state index in [4.69, 9.17) is 21.1 Å². The first kappa shape index (κ1) is 14.2. The molecule has 0 spiro atoms. The number of carbonyl (C=O) groups is 1. The number of hydrogen-bond donors (Lipinski definition) is 0. The molecule has 0 saturated carbocycles. The summed E-state index contributed by atoms with van der Waals surface area (Å²) in [5.41, 5.74) is 0.956. The molecule has 2 unspecified atom stereocenters. The molecule has 1 aromatic carbocycles. The summed E-state index contributed by atoms with van der Waals surface area (Å²) in [7, 11) is 3.35. The lowest BCUT2D eigenvalue weighted by Gasteiger charge is -2.22. The van der Waals surface area contributed by atoms with Crippen LogP contribution in [0.1, 0.15) is 11.5 Å². The molecular weight excluding hydrogens is 266 g/mol. The molecular formula is C14H18ClNO3. The minimum atomic E-state index is -0.229. The Hall–Kier alpha value is -1.26. The molecule has 1 heterocycles. The highest BCUT2D eigenvalue weighted by molar-refractivity contribution is 6.21. The molecule has 0 N–H and O–H groups in total. The van der Waals surface area contributed by atoms with Crippen molar-refractivity contribution >= 4 is 17.5 Å². The van der Waals surface area contributed by atoms with Crippen LogP contribution in [0.2, 0.25) is 0 Å². The van der Waals surface area contributed by atoms with Crippen LogP contribution in [0, 0.1) is 0 Å². The number of likely N-dealkylation sites (N-methyl/N-ethyl adjacent to an activating group) is 1. The summed E-state index contributed by atoms with van der Waals surface area (Å²) in [6, 6.07) is 7.65. The van der Waals surface area contributed by atoms with Gasteiger partial charge in [0.05, 0.1) is 12.0 Å². The Labute approximate surface area is 118 Å². The SMILES string of the molecule is COCC(Cl)CN(C)C(=O)C1COc2ccccc21. The van der Waals surface area contributed by atoms with Gasteiger partial charge in [-0.05, 0) is 6.07 Å². The van der Waals surface area contributed by atoms with Gasteiger partial charge in [0.2, 0.25) is 5.91 Å². The predicted molar refractivity (Wildman–Crippen MR) is 73.8 cm³/mol. The molecule has 0 fully saturated rings. The third kappa shape index (κ3) is 3.19. The van der Waals surface area contributed by atoms with Crippen molar-refractivity contribution in [1.29, 1.82) is 0 Å². The lowest BCUT2D eigenvalue weighted by molar-refractivity contribution is -0.131. The molecule has 2 rings (SSSR count). The fraction of sp³-hybridized carbons (Fsp3) is 0.500. The number of nitrogens with zero attached hydrogens (tertiary/aromatic N) is 1. The maximum atomic E-state index is 12.4. The summed E-state index contributed by atoms with van der Waals surface area (Å²) in [6.07, 6.45) is 0. The van der Waals surface area contributed by atoms with E-state index >= 15 is 0 Å². The summed E-state index contributed by atoms with van der Waals surface area (Å²) in [4.78, 5) is 14.0. The molecule has 4 nitrogen and oxygen atoms in total. The van der Waals surface area contributed by atoms with E-state index in [1.807, 2.05) is 24.3 Å². The zero-order valence-electron chi connectivity index (χ0n) is 11.1. The van der Waals surface area contributed by atoms with E-state index in [1.54, 1.807) is 19.1 Å². The van der Waals surface area contributed by atoms with Gasteiger partial charge in [-0.15, -0.1) is 11.6 Å². The number of rotatable bonds is 5. The number of carbonyl (C=O) groups excluding carboxylic acids is 1. The number of amides is 1. The summed E-state index contributed by atoms with van der Waals surface area (Å²) in [6.45, 7) is 1.30. The van der Waals surface area contributed by atoms with E-state index in [0.717, 1.165) is 11.3 Å². The highest BCUT2D eigenvalue weighted by atomic mass is 35.5. The Morgan fingerprint density at radius 2 is 2.32 bits per heavy atom. The summed E-state index contributed by atoms with van der Waals surface area (Å²) in [5.74, 6) is 0.605. The van der Waals surface area contributed by atoms with E-state index in [2.05, 4.69) is 0 Å². The zero-order valence-corrected chi connectivity index (χ0v) is 11.9. The van der Waals surface area contributed by atoms with Gasteiger partial charge >= 0.3 is 0 Å². The smallest absolute Gasteiger partial charge is 0.233 e. The predicted octanol–water partition coefficient (Wildman–Crippen LogP) is 1.87. The number of hydrogen-bond acceptors (Lipinski definition) is 3. The van der Waals surface area contributed by atoms with Crippen molar-refractivity contribution in [3.05, 3.63) is 29.8 Å². The average molecular weight is 284 g/mol. The van der Waals surface area contributed by atoms with Crippen molar-refractivity contribution in [3.8, 4) is 5.75 Å². The van der Waals surface area contributed by atoms with E-state index in [-0.39, 0.29) is 17.2 Å². The monoisotopic (exact) mass is 283 g/mol. The quantitative estimate of drug-likeness (QED) is 0.775. The number of fused-ring (bicyclic) bond motifs is 1. The van der Waals surface area contributed by atoms with Gasteiger partial charge in [-0.3, -0.25) is 4.79 Å². The van der Waals surface area contributed by atoms with Crippen LogP contribution in [0.4, 0.5) is 0 Å². The van der Waals surface area contributed by atoms with Gasteiger partial charge in [-0.1, -0.05) is 18.2 Å². The van der Waals surface area contributed by atoms with Crippen molar-refractivity contribution < 1.29 is 14.3 Å². The van der Waals surface area contributed by atoms with Crippen molar-refractivity contribution in [1.82, 2.24) is 4.90 Å². The standard InChI is InChI=1S/C14H18ClNO3/c1-16(7-10(15)8-18-2)14(17)12-9-19-13-6-4-3-5-11(12)13/h3-6,10,12H,7-9H2,1-2H3. The number of alkyl halides is 1. The van der Waals surface area contributed by atoms with Gasteiger partial charge in [-0.25, -0.2) is 0 Å². The van der Waals surface area contributed by atoms with E-state index in [9.17, 15) is 4.79 Å². The number of ether oxygens (including phenoxy) is 2. The van der Waals surface area contributed by atoms with Crippen LogP contribution < -0.4 is 4.74 Å². The Morgan fingerprint density at radius 1 is 1.58 bits per heavy atom. The van der Waals surface area contributed by atoms with Crippen LogP contribution in [0.5, 0.6) is 5.75 Å². The number of para-hydroxylation sites is 1. The molecule has 0 radical (unpaired) electrons. The first-order valence-electron chi connectivity index (χ1n) is 6.23. The highest BCUT2D eigenvalue weighted by Crippen LogP contribution is 2.34. The Kier molecular flexibility index (Phi) is 4.66. The van der Waals surface area contributed by atoms with Gasteiger partial charge in [0.25, 0.3) is 0 Å². The zero-order chi connectivity index (χ0) is 13.8. The molecule has 104 valence electrons. The fourth-order valence-electron chi connectivity index (χ4n) is 2.25. The maximum Gasteiger partial charge on any atom is 0.233 e. The topological polar surface area (TPSA) is 38.8 Å². The molecule has 1 aliphatic rings. The second-order valence-electron chi connectivity index (χ2n) is 4.67. The summed E-state index contributed by atoms with van der Waals surface area (Å²) in [5, 5.41) is -0.198. The minimum Gasteiger partial charge on any atom is -0.492 e. The second kappa shape index (κ2) is 6.26. The maximum absolute atomic E-state index is 12.4. The summed E-state index contributed by atoms with van der Waals surface area (Å²) >= 11 is 6.08. The molecule has 0 saturated heterocycles. The molecule has 19 heavy (non-hydrogen) atoms. The third-order valence-electron chi connectivity index (χ3n) is 3.19. The first-order chi connectivity index (χ1) is 9.13. The lowest BCUT2D eigenvalue weighted by Crippen LogP contribution is -2.37. The third-order valence-corrected chi connectivity index (χ3v) is 3.46. The molecule has 2 atom stereocenters. The van der Waals surface area contributed by atoms with Crippen LogP contribution in [0.3, 0.4) is 0 Å². The van der Waals surface area contributed by atoms with E-state index < -0.39 is 0 Å². The van der Waals surface area contributed by atoms with E-state index in [0.29, 0.717) is 19.8 Å². The van der Waals surface area contributed by atoms with Crippen LogP contribution in [-0.4, -0.2) is 50.1 Å². The Morgan fingerprint density at radius 3 is 3.05 bits per heavy atom. The molecule has 1 aliphatic heterocycles. The fourth-order valence-corrected chi connectivity index (χ4v) is 2.59. The number of methoxy groups -OCH3 is 1. The average Bonchev–Trinajstić information content (AvgIpc) is 2.81. The van der Waals surface area contributed by atoms with Crippen LogP contribution >= 0.6 is 11.6 Å². The largest absolute Gasteiger partial charge is 0.492 e. The van der Waals surface area contributed by atoms with Gasteiger partial charge < -0.3 is 14.4 Å². The molecule has 0 aliphatic carbocycles. The van der Waals surface area contributed by atoms with Crippen molar-refractivity contribution in [2.24, 2.45) is 0 Å². The number of benzene rings is 1. The Bertz CT molecular complexity index is 452. The molecule has 0 aromatic heterocycles. The van der Waals surface area contributed by atoms with Crippen molar-refractivity contribution in [3.63, 3.8) is 0 Å². The Balaban J connectivity index is 2.01. The van der Waals surface area contributed by atoms with Gasteiger partial charge in [-0.2, -0.15) is 0 Å². The summed E-state index contributed by atoms with van der Waals surface area (Å²) < 4.78 is 10.5. The normalized spacial score (nSPS) is 18.6. The molecule has 5 heteroatoms. The van der Waals surface area contributed by atoms with E-state index in [1.165, 1.54) is 0 Å². The number of halogens is 1. The van der Waals surface area contributed by atoms with Gasteiger partial charge in [0, 0.05) is 26.3 Å². The minimum absolute atomic E-state index is 0.0340.